The quantitative estimate of drug-likeness (QED) is 0.777. The Labute approximate surface area is 145 Å². The van der Waals surface area contributed by atoms with Gasteiger partial charge in [-0.2, -0.15) is 5.10 Å². The smallest absolute Gasteiger partial charge is 0.238 e. The summed E-state index contributed by atoms with van der Waals surface area (Å²) in [6.07, 6.45) is 1.79. The largest absolute Gasteiger partial charge is 0.322 e. The first-order chi connectivity index (χ1) is 10.9. The highest BCUT2D eigenvalue weighted by atomic mass is 35.5. The number of halogens is 1. The third-order valence-electron chi connectivity index (χ3n) is 3.54. The number of thiophene rings is 1. The molecule has 0 radical (unpaired) electrons. The maximum atomic E-state index is 12.4. The van der Waals surface area contributed by atoms with E-state index in [4.69, 9.17) is 11.6 Å². The Morgan fingerprint density at radius 2 is 2.26 bits per heavy atom. The van der Waals surface area contributed by atoms with E-state index >= 15 is 0 Å². The molecule has 0 bridgehead atoms. The summed E-state index contributed by atoms with van der Waals surface area (Å²) in [5, 5.41) is 7.27. The zero-order valence-electron chi connectivity index (χ0n) is 13.6. The van der Waals surface area contributed by atoms with Gasteiger partial charge in [-0.3, -0.25) is 14.4 Å². The Morgan fingerprint density at radius 1 is 1.52 bits per heavy atom. The van der Waals surface area contributed by atoms with Crippen LogP contribution in [0.3, 0.4) is 0 Å². The van der Waals surface area contributed by atoms with E-state index in [1.54, 1.807) is 10.8 Å². The molecule has 2 rings (SSSR count). The van der Waals surface area contributed by atoms with Crippen LogP contribution in [0.5, 0.6) is 0 Å². The molecule has 0 unspecified atom stereocenters. The van der Waals surface area contributed by atoms with Crippen LogP contribution in [0.4, 0.5) is 5.69 Å². The molecule has 0 aliphatic heterocycles. The Hall–Kier alpha value is -1.63. The normalized spacial score (nSPS) is 11.0. The molecule has 0 saturated heterocycles. The van der Waals surface area contributed by atoms with Crippen molar-refractivity contribution in [3.63, 3.8) is 0 Å². The van der Waals surface area contributed by atoms with Crippen molar-refractivity contribution in [1.29, 1.82) is 0 Å². The molecule has 0 atom stereocenters. The van der Waals surface area contributed by atoms with Crippen LogP contribution in [0.15, 0.2) is 24.8 Å². The Balaban J connectivity index is 2.01. The van der Waals surface area contributed by atoms with Crippen molar-refractivity contribution in [2.75, 3.05) is 18.4 Å². The van der Waals surface area contributed by atoms with Crippen LogP contribution in [0.25, 0.3) is 0 Å². The lowest BCUT2D eigenvalue weighted by molar-refractivity contribution is -0.117. The van der Waals surface area contributed by atoms with Gasteiger partial charge in [0, 0.05) is 25.0 Å². The monoisotopic (exact) mass is 352 g/mol. The molecule has 0 aliphatic carbocycles. The predicted octanol–water partition coefficient (Wildman–Crippen LogP) is 3.38. The number of anilines is 1. The molecule has 0 spiro atoms. The van der Waals surface area contributed by atoms with Crippen molar-refractivity contribution in [3.8, 4) is 0 Å². The van der Waals surface area contributed by atoms with Crippen molar-refractivity contribution in [1.82, 2.24) is 14.7 Å². The van der Waals surface area contributed by atoms with Gasteiger partial charge in [0.1, 0.15) is 0 Å². The fraction of sp³-hybridized carbons (Fsp3) is 0.375. The number of amides is 1. The van der Waals surface area contributed by atoms with Gasteiger partial charge in [0.25, 0.3) is 0 Å². The first-order valence-electron chi connectivity index (χ1n) is 7.28. The highest BCUT2D eigenvalue weighted by Gasteiger charge is 2.15. The number of hydrogen-bond acceptors (Lipinski definition) is 4. The summed E-state index contributed by atoms with van der Waals surface area (Å²) in [6.45, 7) is 9.17. The Morgan fingerprint density at radius 3 is 2.78 bits per heavy atom. The van der Waals surface area contributed by atoms with Crippen molar-refractivity contribution >= 4 is 34.5 Å². The summed E-state index contributed by atoms with van der Waals surface area (Å²) in [4.78, 5) is 15.5. The topological polar surface area (TPSA) is 50.2 Å². The van der Waals surface area contributed by atoms with E-state index in [9.17, 15) is 4.79 Å². The summed E-state index contributed by atoms with van der Waals surface area (Å²) in [6, 6.07) is 3.85. The lowest BCUT2D eigenvalue weighted by atomic mass is 10.3. The van der Waals surface area contributed by atoms with Gasteiger partial charge >= 0.3 is 0 Å². The van der Waals surface area contributed by atoms with Crippen LogP contribution in [0, 0.1) is 13.8 Å². The second-order valence-electron chi connectivity index (χ2n) is 5.38. The number of carbonyl (C=O) groups excluding carboxylic acids is 1. The van der Waals surface area contributed by atoms with E-state index in [0.29, 0.717) is 13.1 Å². The molecule has 5 nitrogen and oxygen atoms in total. The van der Waals surface area contributed by atoms with E-state index < -0.39 is 0 Å². The molecule has 124 valence electrons. The third-order valence-corrected chi connectivity index (χ3v) is 4.75. The Bertz CT molecular complexity index is 707. The summed E-state index contributed by atoms with van der Waals surface area (Å²) < 4.78 is 2.52. The first-order valence-corrected chi connectivity index (χ1v) is 8.47. The molecular formula is C16H21ClN4OS. The SMILES string of the molecule is C=CCN(CC(=O)Nc1c(C)nn(C)c1C)Cc1ccc(Cl)s1. The van der Waals surface area contributed by atoms with Crippen molar-refractivity contribution in [2.45, 2.75) is 20.4 Å². The molecule has 2 heterocycles. The van der Waals surface area contributed by atoms with Crippen LogP contribution >= 0.6 is 22.9 Å². The van der Waals surface area contributed by atoms with Gasteiger partial charge in [-0.05, 0) is 26.0 Å². The number of aryl methyl sites for hydroxylation is 2. The lowest BCUT2D eigenvalue weighted by Crippen LogP contribution is -2.33. The number of carbonyl (C=O) groups is 1. The second-order valence-corrected chi connectivity index (χ2v) is 7.18. The predicted molar refractivity (Wildman–Crippen MR) is 96.1 cm³/mol. The number of hydrogen-bond donors (Lipinski definition) is 1. The molecule has 0 aliphatic rings. The average molecular weight is 353 g/mol. The minimum Gasteiger partial charge on any atom is -0.322 e. The van der Waals surface area contributed by atoms with Crippen LogP contribution in [-0.4, -0.2) is 33.7 Å². The van der Waals surface area contributed by atoms with Crippen LogP contribution in [-0.2, 0) is 18.4 Å². The minimum atomic E-state index is -0.0614. The van der Waals surface area contributed by atoms with Crippen molar-refractivity contribution in [2.24, 2.45) is 7.05 Å². The molecule has 7 heteroatoms. The Kier molecular flexibility index (Phi) is 5.98. The molecule has 2 aromatic rings. The molecule has 2 aromatic heterocycles. The molecular weight excluding hydrogens is 332 g/mol. The maximum absolute atomic E-state index is 12.4. The van der Waals surface area contributed by atoms with E-state index in [2.05, 4.69) is 17.0 Å². The molecule has 1 N–H and O–H groups in total. The van der Waals surface area contributed by atoms with Gasteiger partial charge in [0.15, 0.2) is 0 Å². The third kappa shape index (κ3) is 4.67. The average Bonchev–Trinajstić information content (AvgIpc) is 2.98. The van der Waals surface area contributed by atoms with Crippen LogP contribution < -0.4 is 5.32 Å². The van der Waals surface area contributed by atoms with Crippen LogP contribution in [0.2, 0.25) is 4.34 Å². The fourth-order valence-corrected chi connectivity index (χ4v) is 3.49. The molecule has 0 aromatic carbocycles. The summed E-state index contributed by atoms with van der Waals surface area (Å²) in [7, 11) is 1.86. The number of nitrogens with one attached hydrogen (secondary N) is 1. The summed E-state index contributed by atoms with van der Waals surface area (Å²) in [5.74, 6) is -0.0614. The summed E-state index contributed by atoms with van der Waals surface area (Å²) in [5.41, 5.74) is 2.55. The van der Waals surface area contributed by atoms with E-state index in [0.717, 1.165) is 26.3 Å². The lowest BCUT2D eigenvalue weighted by Gasteiger charge is -2.19. The van der Waals surface area contributed by atoms with Gasteiger partial charge < -0.3 is 5.32 Å². The maximum Gasteiger partial charge on any atom is 0.238 e. The van der Waals surface area contributed by atoms with E-state index in [-0.39, 0.29) is 12.5 Å². The van der Waals surface area contributed by atoms with Crippen LogP contribution in [0.1, 0.15) is 16.3 Å². The molecule has 0 saturated carbocycles. The molecule has 23 heavy (non-hydrogen) atoms. The number of rotatable bonds is 7. The summed E-state index contributed by atoms with van der Waals surface area (Å²) >= 11 is 7.49. The standard InChI is InChI=1S/C16H21ClN4OS/c1-5-8-21(9-13-6-7-14(17)23-13)10-15(22)18-16-11(2)19-20(4)12(16)3/h5-7H,1,8-10H2,2-4H3,(H,18,22). The zero-order valence-corrected chi connectivity index (χ0v) is 15.2. The van der Waals surface area contributed by atoms with Crippen molar-refractivity contribution < 1.29 is 4.79 Å². The van der Waals surface area contributed by atoms with Gasteiger partial charge in [-0.25, -0.2) is 0 Å². The van der Waals surface area contributed by atoms with Crippen molar-refractivity contribution in [3.05, 3.63) is 45.4 Å². The van der Waals surface area contributed by atoms with E-state index in [1.165, 1.54) is 11.3 Å². The second kappa shape index (κ2) is 7.77. The zero-order chi connectivity index (χ0) is 17.0. The fourth-order valence-electron chi connectivity index (χ4n) is 2.36. The molecule has 0 fully saturated rings. The number of aromatic nitrogens is 2. The first kappa shape index (κ1) is 17.7. The van der Waals surface area contributed by atoms with Gasteiger partial charge in [0.05, 0.1) is 28.0 Å². The van der Waals surface area contributed by atoms with E-state index in [1.807, 2.05) is 37.9 Å². The minimum absolute atomic E-state index is 0.0614. The highest BCUT2D eigenvalue weighted by Crippen LogP contribution is 2.23. The number of nitrogens with zero attached hydrogens (tertiary/aromatic N) is 3. The highest BCUT2D eigenvalue weighted by molar-refractivity contribution is 7.16. The van der Waals surface area contributed by atoms with Gasteiger partial charge in [-0.1, -0.05) is 17.7 Å². The van der Waals surface area contributed by atoms with Gasteiger partial charge in [0.2, 0.25) is 5.91 Å². The van der Waals surface area contributed by atoms with Gasteiger partial charge in [-0.15, -0.1) is 17.9 Å². The molecule has 1 amide bonds.